The van der Waals surface area contributed by atoms with Crippen LogP contribution in [0.4, 0.5) is 26.3 Å². The molecule has 0 spiro atoms. The zero-order valence-electron chi connectivity index (χ0n) is 15.0. The summed E-state index contributed by atoms with van der Waals surface area (Å²) in [4.78, 5) is 15.3. The highest BCUT2D eigenvalue weighted by Gasteiger charge is 2.38. The van der Waals surface area contributed by atoms with Gasteiger partial charge in [0.05, 0.1) is 12.0 Å². The standard InChI is InChI=1S/C19H13F6N3O2/c20-18(21,22)14-7-3-11(4-8-14)9-15(29)26-10-12-1-5-13(6-2-12)16-27-17(30-28-16)19(23,24)25/h1-8H,9-10H2,(H,26,29). The van der Waals surface area contributed by atoms with Gasteiger partial charge < -0.3 is 9.84 Å². The van der Waals surface area contributed by atoms with Crippen molar-refractivity contribution >= 4 is 5.91 Å². The van der Waals surface area contributed by atoms with E-state index in [1.807, 2.05) is 0 Å². The number of rotatable bonds is 5. The molecule has 0 aliphatic rings. The van der Waals surface area contributed by atoms with E-state index in [-0.39, 0.29) is 18.8 Å². The van der Waals surface area contributed by atoms with Crippen molar-refractivity contribution in [3.63, 3.8) is 0 Å². The Morgan fingerprint density at radius 3 is 2.00 bits per heavy atom. The number of aromatic nitrogens is 2. The van der Waals surface area contributed by atoms with Gasteiger partial charge in [-0.05, 0) is 23.3 Å². The molecule has 0 radical (unpaired) electrons. The lowest BCUT2D eigenvalue weighted by Gasteiger charge is -2.08. The monoisotopic (exact) mass is 429 g/mol. The van der Waals surface area contributed by atoms with E-state index in [0.29, 0.717) is 16.7 Å². The van der Waals surface area contributed by atoms with Gasteiger partial charge in [0.2, 0.25) is 11.7 Å². The normalized spacial score (nSPS) is 12.1. The second kappa shape index (κ2) is 8.17. The van der Waals surface area contributed by atoms with Crippen molar-refractivity contribution in [1.82, 2.24) is 15.5 Å². The molecule has 3 rings (SSSR count). The van der Waals surface area contributed by atoms with E-state index >= 15 is 0 Å². The molecule has 0 aliphatic carbocycles. The summed E-state index contributed by atoms with van der Waals surface area (Å²) in [6.45, 7) is 0.125. The van der Waals surface area contributed by atoms with Crippen LogP contribution >= 0.6 is 0 Å². The van der Waals surface area contributed by atoms with Crippen molar-refractivity contribution in [2.75, 3.05) is 0 Å². The molecule has 2 aromatic carbocycles. The number of halogens is 6. The van der Waals surface area contributed by atoms with E-state index in [9.17, 15) is 31.1 Å². The molecule has 0 aliphatic heterocycles. The van der Waals surface area contributed by atoms with Crippen LogP contribution in [0.3, 0.4) is 0 Å². The van der Waals surface area contributed by atoms with E-state index in [2.05, 4.69) is 20.0 Å². The summed E-state index contributed by atoms with van der Waals surface area (Å²) >= 11 is 0. The van der Waals surface area contributed by atoms with Crippen molar-refractivity contribution in [3.05, 3.63) is 71.1 Å². The average Bonchev–Trinajstić information content (AvgIpc) is 3.17. The first kappa shape index (κ1) is 21.3. The third-order valence-corrected chi connectivity index (χ3v) is 4.02. The van der Waals surface area contributed by atoms with Gasteiger partial charge in [0.15, 0.2) is 0 Å². The van der Waals surface area contributed by atoms with Crippen LogP contribution in [0.1, 0.15) is 22.6 Å². The lowest BCUT2D eigenvalue weighted by Crippen LogP contribution is -2.24. The summed E-state index contributed by atoms with van der Waals surface area (Å²) in [5.41, 5.74) is 0.581. The van der Waals surface area contributed by atoms with Crippen LogP contribution in [0.5, 0.6) is 0 Å². The van der Waals surface area contributed by atoms with Crippen molar-refractivity contribution in [1.29, 1.82) is 0 Å². The van der Waals surface area contributed by atoms with E-state index in [1.54, 1.807) is 12.1 Å². The van der Waals surface area contributed by atoms with Crippen molar-refractivity contribution in [2.45, 2.75) is 25.3 Å². The molecule has 0 bridgehead atoms. The third kappa shape index (κ3) is 5.37. The predicted octanol–water partition coefficient (Wildman–Crippen LogP) is 4.63. The second-order valence-corrected chi connectivity index (χ2v) is 6.27. The number of carbonyl (C=O) groups excluding carboxylic acids is 1. The van der Waals surface area contributed by atoms with Gasteiger partial charge in [-0.15, -0.1) is 0 Å². The van der Waals surface area contributed by atoms with Crippen LogP contribution < -0.4 is 5.32 Å². The minimum absolute atomic E-state index is 0.0979. The number of nitrogens with zero attached hydrogens (tertiary/aromatic N) is 2. The molecule has 0 atom stereocenters. The SMILES string of the molecule is O=C(Cc1ccc(C(F)(F)F)cc1)NCc1ccc(-c2noc(C(F)(F)F)n2)cc1. The van der Waals surface area contributed by atoms with Crippen LogP contribution in [0, 0.1) is 0 Å². The third-order valence-electron chi connectivity index (χ3n) is 4.02. The van der Waals surface area contributed by atoms with Gasteiger partial charge in [0.25, 0.3) is 0 Å². The van der Waals surface area contributed by atoms with E-state index in [1.165, 1.54) is 24.3 Å². The fourth-order valence-electron chi connectivity index (χ4n) is 2.49. The molecule has 5 nitrogen and oxygen atoms in total. The molecule has 0 saturated heterocycles. The Balaban J connectivity index is 1.54. The summed E-state index contributed by atoms with van der Waals surface area (Å²) in [7, 11) is 0. The maximum Gasteiger partial charge on any atom is 0.471 e. The first-order valence-electron chi connectivity index (χ1n) is 8.45. The largest absolute Gasteiger partial charge is 0.471 e. The maximum atomic E-state index is 12.5. The zero-order valence-corrected chi connectivity index (χ0v) is 15.0. The quantitative estimate of drug-likeness (QED) is 0.601. The molecule has 1 heterocycles. The van der Waals surface area contributed by atoms with Gasteiger partial charge >= 0.3 is 18.2 Å². The van der Waals surface area contributed by atoms with E-state index in [4.69, 9.17) is 0 Å². The molecule has 3 aromatic rings. The highest BCUT2D eigenvalue weighted by Crippen LogP contribution is 2.30. The number of carbonyl (C=O) groups is 1. The number of hydrogen-bond donors (Lipinski definition) is 1. The molecule has 1 aromatic heterocycles. The van der Waals surface area contributed by atoms with Crippen LogP contribution in [0.25, 0.3) is 11.4 Å². The molecule has 1 amide bonds. The molecule has 0 unspecified atom stereocenters. The Kier molecular flexibility index (Phi) is 5.81. The Morgan fingerprint density at radius 1 is 0.867 bits per heavy atom. The number of hydrogen-bond acceptors (Lipinski definition) is 4. The molecule has 30 heavy (non-hydrogen) atoms. The smallest absolute Gasteiger partial charge is 0.352 e. The molecular formula is C19H13F6N3O2. The Labute approximate surface area is 165 Å². The molecular weight excluding hydrogens is 416 g/mol. The highest BCUT2D eigenvalue weighted by atomic mass is 19.4. The summed E-state index contributed by atoms with van der Waals surface area (Å²) in [5.74, 6) is -2.07. The number of nitrogens with one attached hydrogen (secondary N) is 1. The molecule has 1 N–H and O–H groups in total. The number of amides is 1. The first-order valence-corrected chi connectivity index (χ1v) is 8.45. The zero-order chi connectivity index (χ0) is 21.9. The Hall–Kier alpha value is -3.37. The predicted molar refractivity (Wildman–Crippen MR) is 91.7 cm³/mol. The van der Waals surface area contributed by atoms with Crippen molar-refractivity contribution in [2.24, 2.45) is 0 Å². The molecule has 0 fully saturated rings. The van der Waals surface area contributed by atoms with Gasteiger partial charge in [-0.25, -0.2) is 0 Å². The number of alkyl halides is 6. The van der Waals surface area contributed by atoms with Gasteiger partial charge in [-0.2, -0.15) is 31.3 Å². The molecule has 0 saturated carbocycles. The van der Waals surface area contributed by atoms with Crippen molar-refractivity contribution in [3.8, 4) is 11.4 Å². The van der Waals surface area contributed by atoms with Gasteiger partial charge in [0, 0.05) is 12.1 Å². The lowest BCUT2D eigenvalue weighted by atomic mass is 10.1. The summed E-state index contributed by atoms with van der Waals surface area (Å²) < 4.78 is 79.3. The van der Waals surface area contributed by atoms with Crippen LogP contribution in [-0.2, 0) is 30.1 Å². The summed E-state index contributed by atoms with van der Waals surface area (Å²) in [5, 5.41) is 5.89. The fourth-order valence-corrected chi connectivity index (χ4v) is 2.49. The highest BCUT2D eigenvalue weighted by molar-refractivity contribution is 5.78. The fraction of sp³-hybridized carbons (Fsp3) is 0.211. The van der Waals surface area contributed by atoms with Crippen LogP contribution in [0.15, 0.2) is 53.1 Å². The van der Waals surface area contributed by atoms with Gasteiger partial charge in [-0.1, -0.05) is 41.6 Å². The number of benzene rings is 2. The molecule has 158 valence electrons. The van der Waals surface area contributed by atoms with E-state index in [0.717, 1.165) is 12.1 Å². The minimum Gasteiger partial charge on any atom is -0.352 e. The molecule has 11 heteroatoms. The summed E-state index contributed by atoms with van der Waals surface area (Å²) in [6.07, 6.45) is -9.27. The average molecular weight is 429 g/mol. The van der Waals surface area contributed by atoms with Crippen LogP contribution in [-0.4, -0.2) is 16.0 Å². The topological polar surface area (TPSA) is 68.0 Å². The Morgan fingerprint density at radius 2 is 1.47 bits per heavy atom. The minimum atomic E-state index is -4.73. The van der Waals surface area contributed by atoms with Crippen molar-refractivity contribution < 1.29 is 35.7 Å². The maximum absolute atomic E-state index is 12.5. The lowest BCUT2D eigenvalue weighted by molar-refractivity contribution is -0.159. The van der Waals surface area contributed by atoms with E-state index < -0.39 is 29.7 Å². The van der Waals surface area contributed by atoms with Gasteiger partial charge in [0.1, 0.15) is 0 Å². The summed E-state index contributed by atoms with van der Waals surface area (Å²) in [6, 6.07) is 10.4. The van der Waals surface area contributed by atoms with Gasteiger partial charge in [-0.3, -0.25) is 4.79 Å². The van der Waals surface area contributed by atoms with Crippen LogP contribution in [0.2, 0.25) is 0 Å². The Bertz CT molecular complexity index is 1010. The second-order valence-electron chi connectivity index (χ2n) is 6.27. The first-order chi connectivity index (χ1) is 14.0.